The zero-order valence-corrected chi connectivity index (χ0v) is 14.4. The fourth-order valence-electron chi connectivity index (χ4n) is 1.92. The quantitative estimate of drug-likeness (QED) is 0.472. The van der Waals surface area contributed by atoms with Gasteiger partial charge in [0.25, 0.3) is 0 Å². The Labute approximate surface area is 137 Å². The second-order valence-corrected chi connectivity index (χ2v) is 5.33. The van der Waals surface area contributed by atoms with Crippen molar-refractivity contribution in [1.29, 1.82) is 0 Å². The van der Waals surface area contributed by atoms with E-state index in [9.17, 15) is 4.79 Å². The first-order valence-electron chi connectivity index (χ1n) is 7.45. The summed E-state index contributed by atoms with van der Waals surface area (Å²) in [6.45, 7) is 8.60. The Morgan fingerprint density at radius 3 is 2.59 bits per heavy atom. The summed E-state index contributed by atoms with van der Waals surface area (Å²) >= 11 is 5.36. The SMILES string of the molecule is CCOC(=O)CON(CC)C(=S)Nc1ccccc1C(C)C. The Morgan fingerprint density at radius 2 is 2.00 bits per heavy atom. The molecule has 6 heteroatoms. The number of hydrogen-bond acceptors (Lipinski definition) is 4. The Hall–Kier alpha value is -1.66. The number of thiocarbonyl (C=S) groups is 1. The number of nitrogens with zero attached hydrogens (tertiary/aromatic N) is 1. The second-order valence-electron chi connectivity index (χ2n) is 4.95. The first kappa shape index (κ1) is 18.4. The molecule has 0 aliphatic heterocycles. The van der Waals surface area contributed by atoms with Crippen LogP contribution in [-0.2, 0) is 14.4 Å². The molecule has 0 saturated carbocycles. The smallest absolute Gasteiger partial charge is 0.334 e. The summed E-state index contributed by atoms with van der Waals surface area (Å²) in [6, 6.07) is 7.98. The van der Waals surface area contributed by atoms with Crippen molar-refractivity contribution in [1.82, 2.24) is 5.06 Å². The van der Waals surface area contributed by atoms with Crippen molar-refractivity contribution in [2.24, 2.45) is 0 Å². The lowest BCUT2D eigenvalue weighted by atomic mass is 10.0. The van der Waals surface area contributed by atoms with Crippen LogP contribution in [0, 0.1) is 0 Å². The number of esters is 1. The molecule has 0 radical (unpaired) electrons. The van der Waals surface area contributed by atoms with Gasteiger partial charge in [-0.3, -0.25) is 4.84 Å². The minimum atomic E-state index is -0.411. The molecule has 0 aliphatic carbocycles. The van der Waals surface area contributed by atoms with Crippen molar-refractivity contribution in [2.75, 3.05) is 25.1 Å². The van der Waals surface area contributed by atoms with Gasteiger partial charge in [-0.1, -0.05) is 32.0 Å². The van der Waals surface area contributed by atoms with E-state index in [1.807, 2.05) is 25.1 Å². The third-order valence-electron chi connectivity index (χ3n) is 2.98. The Kier molecular flexibility index (Phi) is 7.84. The average Bonchev–Trinajstić information content (AvgIpc) is 2.48. The zero-order valence-electron chi connectivity index (χ0n) is 13.6. The van der Waals surface area contributed by atoms with Crippen molar-refractivity contribution < 1.29 is 14.4 Å². The molecule has 122 valence electrons. The highest BCUT2D eigenvalue weighted by molar-refractivity contribution is 7.80. The van der Waals surface area contributed by atoms with E-state index in [1.54, 1.807) is 6.92 Å². The van der Waals surface area contributed by atoms with Crippen LogP contribution in [0.25, 0.3) is 0 Å². The molecule has 0 spiro atoms. The molecule has 0 aromatic heterocycles. The Bertz CT molecular complexity index is 506. The molecule has 5 nitrogen and oxygen atoms in total. The summed E-state index contributed by atoms with van der Waals surface area (Å²) in [5, 5.41) is 5.07. The molecule has 0 heterocycles. The van der Waals surface area contributed by atoms with E-state index < -0.39 is 5.97 Å². The molecule has 1 rings (SSSR count). The van der Waals surface area contributed by atoms with Crippen LogP contribution >= 0.6 is 12.2 Å². The normalized spacial score (nSPS) is 10.4. The molecule has 0 bridgehead atoms. The van der Waals surface area contributed by atoms with Crippen LogP contribution in [0.3, 0.4) is 0 Å². The predicted molar refractivity (Wildman–Crippen MR) is 91.7 cm³/mol. The van der Waals surface area contributed by atoms with Gasteiger partial charge in [0.2, 0.25) is 0 Å². The van der Waals surface area contributed by atoms with Crippen LogP contribution in [0.5, 0.6) is 0 Å². The molecule has 0 fully saturated rings. The highest BCUT2D eigenvalue weighted by Gasteiger charge is 2.14. The summed E-state index contributed by atoms with van der Waals surface area (Å²) in [4.78, 5) is 16.7. The third-order valence-corrected chi connectivity index (χ3v) is 3.29. The first-order chi connectivity index (χ1) is 10.5. The minimum Gasteiger partial charge on any atom is -0.464 e. The number of carbonyl (C=O) groups excluding carboxylic acids is 1. The van der Waals surface area contributed by atoms with Crippen LogP contribution < -0.4 is 5.32 Å². The number of carbonyl (C=O) groups is 1. The lowest BCUT2D eigenvalue weighted by Gasteiger charge is -2.24. The van der Waals surface area contributed by atoms with E-state index >= 15 is 0 Å². The topological polar surface area (TPSA) is 50.8 Å². The number of ether oxygens (including phenoxy) is 1. The fraction of sp³-hybridized carbons (Fsp3) is 0.500. The minimum absolute atomic E-state index is 0.157. The van der Waals surface area contributed by atoms with Gasteiger partial charge in [0, 0.05) is 12.2 Å². The molecule has 0 saturated heterocycles. The van der Waals surface area contributed by atoms with Crippen LogP contribution in [-0.4, -0.2) is 35.9 Å². The van der Waals surface area contributed by atoms with Gasteiger partial charge in [-0.05, 0) is 43.6 Å². The van der Waals surface area contributed by atoms with E-state index in [1.165, 1.54) is 10.6 Å². The molecule has 1 N–H and O–H groups in total. The zero-order chi connectivity index (χ0) is 16.5. The largest absolute Gasteiger partial charge is 0.464 e. The number of para-hydroxylation sites is 1. The number of hydrogen-bond donors (Lipinski definition) is 1. The van der Waals surface area contributed by atoms with Crippen molar-refractivity contribution in [3.05, 3.63) is 29.8 Å². The summed E-state index contributed by atoms with van der Waals surface area (Å²) in [6.07, 6.45) is 0. The maximum Gasteiger partial charge on any atom is 0.334 e. The monoisotopic (exact) mass is 324 g/mol. The van der Waals surface area contributed by atoms with Gasteiger partial charge in [-0.15, -0.1) is 0 Å². The van der Waals surface area contributed by atoms with E-state index in [0.717, 1.165) is 5.69 Å². The van der Waals surface area contributed by atoms with E-state index in [0.29, 0.717) is 24.2 Å². The van der Waals surface area contributed by atoms with Gasteiger partial charge in [-0.2, -0.15) is 0 Å². The molecular formula is C16H24N2O3S. The average molecular weight is 324 g/mol. The summed E-state index contributed by atoms with van der Waals surface area (Å²) in [5.41, 5.74) is 2.12. The van der Waals surface area contributed by atoms with Gasteiger partial charge < -0.3 is 10.1 Å². The first-order valence-corrected chi connectivity index (χ1v) is 7.86. The highest BCUT2D eigenvalue weighted by atomic mass is 32.1. The standard InChI is InChI=1S/C16H24N2O3S/c1-5-18(21-11-15(19)20-6-2)16(22)17-14-10-8-7-9-13(14)12(3)4/h7-10,12H,5-6,11H2,1-4H3,(H,17,22). The van der Waals surface area contributed by atoms with Gasteiger partial charge in [0.05, 0.1) is 6.61 Å². The number of nitrogens with one attached hydrogen (secondary N) is 1. The van der Waals surface area contributed by atoms with Crippen molar-refractivity contribution in [2.45, 2.75) is 33.6 Å². The van der Waals surface area contributed by atoms with Crippen LogP contribution in [0.1, 0.15) is 39.2 Å². The molecular weight excluding hydrogens is 300 g/mol. The molecule has 1 aromatic carbocycles. The number of anilines is 1. The van der Waals surface area contributed by atoms with Crippen LogP contribution in [0.15, 0.2) is 24.3 Å². The van der Waals surface area contributed by atoms with Gasteiger partial charge in [0.15, 0.2) is 11.7 Å². The predicted octanol–water partition coefficient (Wildman–Crippen LogP) is 3.32. The molecule has 22 heavy (non-hydrogen) atoms. The number of benzene rings is 1. The molecule has 0 aliphatic rings. The Morgan fingerprint density at radius 1 is 1.32 bits per heavy atom. The second kappa shape index (κ2) is 9.38. The van der Waals surface area contributed by atoms with E-state index in [-0.39, 0.29) is 6.61 Å². The summed E-state index contributed by atoms with van der Waals surface area (Å²) in [5.74, 6) is -0.0339. The van der Waals surface area contributed by atoms with Gasteiger partial charge >= 0.3 is 5.97 Å². The van der Waals surface area contributed by atoms with E-state index in [4.69, 9.17) is 21.8 Å². The van der Waals surface area contributed by atoms with Crippen molar-refractivity contribution in [3.63, 3.8) is 0 Å². The summed E-state index contributed by atoms with van der Waals surface area (Å²) in [7, 11) is 0. The summed E-state index contributed by atoms with van der Waals surface area (Å²) < 4.78 is 4.83. The maximum atomic E-state index is 11.4. The van der Waals surface area contributed by atoms with Gasteiger partial charge in [-0.25, -0.2) is 9.86 Å². The van der Waals surface area contributed by atoms with Crippen LogP contribution in [0.2, 0.25) is 0 Å². The molecule has 0 atom stereocenters. The lowest BCUT2D eigenvalue weighted by Crippen LogP contribution is -2.36. The molecule has 1 aromatic rings. The number of hydroxylamine groups is 2. The third kappa shape index (κ3) is 5.61. The lowest BCUT2D eigenvalue weighted by molar-refractivity contribution is -0.164. The highest BCUT2D eigenvalue weighted by Crippen LogP contribution is 2.23. The maximum absolute atomic E-state index is 11.4. The molecule has 0 unspecified atom stereocenters. The Balaban J connectivity index is 2.67. The van der Waals surface area contributed by atoms with E-state index in [2.05, 4.69) is 25.2 Å². The molecule has 0 amide bonds. The van der Waals surface area contributed by atoms with Crippen LogP contribution in [0.4, 0.5) is 5.69 Å². The van der Waals surface area contributed by atoms with Crippen molar-refractivity contribution >= 4 is 29.0 Å². The number of rotatable bonds is 7. The van der Waals surface area contributed by atoms with Crippen molar-refractivity contribution in [3.8, 4) is 0 Å². The fourth-order valence-corrected chi connectivity index (χ4v) is 2.21. The van der Waals surface area contributed by atoms with Gasteiger partial charge in [0.1, 0.15) is 0 Å².